The molecule has 3 nitrogen and oxygen atoms in total. The summed E-state index contributed by atoms with van der Waals surface area (Å²) in [5.41, 5.74) is 0. The van der Waals surface area contributed by atoms with Gasteiger partial charge in [0.1, 0.15) is 6.17 Å². The van der Waals surface area contributed by atoms with Crippen LogP contribution in [0.1, 0.15) is 55.5 Å². The lowest BCUT2D eigenvalue weighted by Gasteiger charge is -2.34. The molecule has 0 radical (unpaired) electrons. The third-order valence-electron chi connectivity index (χ3n) is 5.12. The Morgan fingerprint density at radius 1 is 1.29 bits per heavy atom. The van der Waals surface area contributed by atoms with Gasteiger partial charge in [0.25, 0.3) is 0 Å². The molecule has 116 valence electrons. The summed E-state index contributed by atoms with van der Waals surface area (Å²) in [6.45, 7) is 7.38. The van der Waals surface area contributed by atoms with Gasteiger partial charge in [0.15, 0.2) is 0 Å². The lowest BCUT2D eigenvalue weighted by molar-refractivity contribution is -0.130. The first-order chi connectivity index (χ1) is 10.1. The third kappa shape index (κ3) is 3.02. The van der Waals surface area contributed by atoms with Gasteiger partial charge in [-0.3, -0.25) is 10.1 Å². The van der Waals surface area contributed by atoms with Crippen LogP contribution in [0.15, 0.2) is 12.1 Å². The molecule has 2 aliphatic rings. The van der Waals surface area contributed by atoms with Gasteiger partial charge in [-0.15, -0.1) is 11.3 Å². The minimum Gasteiger partial charge on any atom is -0.320 e. The second kappa shape index (κ2) is 6.09. The number of carbonyl (C=O) groups excluding carboxylic acids is 1. The van der Waals surface area contributed by atoms with Crippen molar-refractivity contribution in [2.75, 3.05) is 6.54 Å². The second-order valence-corrected chi connectivity index (χ2v) is 8.07. The van der Waals surface area contributed by atoms with E-state index in [0.29, 0.717) is 5.92 Å². The van der Waals surface area contributed by atoms with Crippen molar-refractivity contribution in [3.63, 3.8) is 0 Å². The molecule has 1 aromatic heterocycles. The van der Waals surface area contributed by atoms with Crippen molar-refractivity contribution in [1.29, 1.82) is 0 Å². The number of thiophene rings is 1. The molecule has 4 unspecified atom stereocenters. The van der Waals surface area contributed by atoms with Crippen molar-refractivity contribution in [2.24, 2.45) is 11.8 Å². The maximum atomic E-state index is 12.5. The Bertz CT molecular complexity index is 513. The average molecular weight is 306 g/mol. The fraction of sp³-hybridized carbons (Fsp3) is 0.706. The van der Waals surface area contributed by atoms with E-state index in [9.17, 15) is 4.79 Å². The van der Waals surface area contributed by atoms with E-state index in [1.165, 1.54) is 35.4 Å². The van der Waals surface area contributed by atoms with Crippen molar-refractivity contribution in [3.8, 4) is 0 Å². The van der Waals surface area contributed by atoms with Gasteiger partial charge in [0.05, 0.1) is 6.04 Å². The molecule has 4 atom stereocenters. The van der Waals surface area contributed by atoms with E-state index in [1.807, 2.05) is 6.92 Å². The average Bonchev–Trinajstić information content (AvgIpc) is 3.00. The number of amides is 1. The van der Waals surface area contributed by atoms with Gasteiger partial charge in [0.2, 0.25) is 5.91 Å². The van der Waals surface area contributed by atoms with Crippen molar-refractivity contribution in [3.05, 3.63) is 21.9 Å². The van der Waals surface area contributed by atoms with E-state index >= 15 is 0 Å². The van der Waals surface area contributed by atoms with Gasteiger partial charge in [0, 0.05) is 16.3 Å². The molecule has 3 rings (SSSR count). The zero-order valence-corrected chi connectivity index (χ0v) is 14.1. The van der Waals surface area contributed by atoms with Gasteiger partial charge < -0.3 is 4.90 Å². The van der Waals surface area contributed by atoms with Gasteiger partial charge >= 0.3 is 0 Å². The first-order valence-electron chi connectivity index (χ1n) is 8.19. The maximum absolute atomic E-state index is 12.5. The van der Waals surface area contributed by atoms with E-state index in [0.717, 1.165) is 12.5 Å². The van der Waals surface area contributed by atoms with Crippen LogP contribution in [0.3, 0.4) is 0 Å². The third-order valence-corrected chi connectivity index (χ3v) is 6.18. The Kier molecular flexibility index (Phi) is 4.36. The first kappa shape index (κ1) is 15.0. The highest BCUT2D eigenvalue weighted by Crippen LogP contribution is 2.35. The molecule has 1 N–H and O–H groups in total. The molecule has 0 spiro atoms. The van der Waals surface area contributed by atoms with Gasteiger partial charge in [-0.2, -0.15) is 0 Å². The van der Waals surface area contributed by atoms with Crippen LogP contribution >= 0.6 is 11.3 Å². The van der Waals surface area contributed by atoms with Crippen LogP contribution in [0.4, 0.5) is 0 Å². The van der Waals surface area contributed by atoms with Crippen LogP contribution in [0.5, 0.6) is 0 Å². The summed E-state index contributed by atoms with van der Waals surface area (Å²) in [7, 11) is 0. The molecule has 1 aliphatic carbocycles. The Hall–Kier alpha value is -0.870. The molecule has 0 bridgehead atoms. The normalized spacial score (nSPS) is 33.7. The van der Waals surface area contributed by atoms with E-state index in [-0.39, 0.29) is 18.1 Å². The van der Waals surface area contributed by atoms with Crippen LogP contribution in [-0.4, -0.2) is 23.4 Å². The molecule has 1 aromatic rings. The quantitative estimate of drug-likeness (QED) is 0.923. The number of aryl methyl sites for hydroxylation is 1. The zero-order chi connectivity index (χ0) is 15.0. The van der Waals surface area contributed by atoms with Crippen molar-refractivity contribution in [1.82, 2.24) is 10.2 Å². The lowest BCUT2D eigenvalue weighted by atomic mass is 9.80. The molecule has 4 heteroatoms. The number of nitrogens with one attached hydrogen (secondary N) is 1. The van der Waals surface area contributed by atoms with Crippen molar-refractivity contribution < 1.29 is 4.79 Å². The largest absolute Gasteiger partial charge is 0.320 e. The molecule has 1 saturated carbocycles. The highest BCUT2D eigenvalue weighted by atomic mass is 32.1. The topological polar surface area (TPSA) is 32.3 Å². The molecule has 1 amide bonds. The minimum atomic E-state index is -0.0590. The predicted octanol–water partition coefficient (Wildman–Crippen LogP) is 3.70. The fourth-order valence-electron chi connectivity index (χ4n) is 3.72. The molecule has 1 aliphatic heterocycles. The van der Waals surface area contributed by atoms with E-state index in [4.69, 9.17) is 0 Å². The first-order valence-corrected chi connectivity index (χ1v) is 9.01. The summed E-state index contributed by atoms with van der Waals surface area (Å²) >= 11 is 1.80. The maximum Gasteiger partial charge on any atom is 0.241 e. The summed E-state index contributed by atoms with van der Waals surface area (Å²) in [5, 5.41) is 3.47. The Morgan fingerprint density at radius 2 is 2.05 bits per heavy atom. The Balaban J connectivity index is 1.77. The predicted molar refractivity (Wildman–Crippen MR) is 87.2 cm³/mol. The van der Waals surface area contributed by atoms with E-state index < -0.39 is 0 Å². The molecule has 2 heterocycles. The van der Waals surface area contributed by atoms with Gasteiger partial charge in [-0.05, 0) is 44.2 Å². The van der Waals surface area contributed by atoms with Crippen LogP contribution in [0.25, 0.3) is 0 Å². The molecule has 21 heavy (non-hydrogen) atoms. The summed E-state index contributed by atoms with van der Waals surface area (Å²) in [6, 6.07) is 4.26. The Labute approximate surface area is 131 Å². The lowest BCUT2D eigenvalue weighted by Crippen LogP contribution is -2.37. The highest BCUT2D eigenvalue weighted by molar-refractivity contribution is 7.12. The van der Waals surface area contributed by atoms with Crippen LogP contribution in [0.2, 0.25) is 0 Å². The van der Waals surface area contributed by atoms with Crippen LogP contribution < -0.4 is 5.32 Å². The summed E-state index contributed by atoms with van der Waals surface area (Å²) in [5.74, 6) is 1.68. The van der Waals surface area contributed by atoms with Crippen LogP contribution in [-0.2, 0) is 4.79 Å². The van der Waals surface area contributed by atoms with E-state index in [2.05, 4.69) is 36.2 Å². The zero-order valence-electron chi connectivity index (χ0n) is 13.3. The van der Waals surface area contributed by atoms with Gasteiger partial charge in [-0.1, -0.05) is 26.2 Å². The van der Waals surface area contributed by atoms with Crippen LogP contribution in [0, 0.1) is 18.8 Å². The molecular weight excluding hydrogens is 280 g/mol. The number of hydrogen-bond donors (Lipinski definition) is 1. The fourth-order valence-corrected chi connectivity index (χ4v) is 4.67. The number of rotatable bonds is 3. The summed E-state index contributed by atoms with van der Waals surface area (Å²) in [4.78, 5) is 17.2. The summed E-state index contributed by atoms with van der Waals surface area (Å²) in [6.07, 6.45) is 5.35. The summed E-state index contributed by atoms with van der Waals surface area (Å²) < 4.78 is 0. The molecular formula is C17H26N2OS. The number of nitrogens with zero attached hydrogens (tertiary/aromatic N) is 1. The highest BCUT2D eigenvalue weighted by Gasteiger charge is 2.39. The molecule has 1 saturated heterocycles. The number of hydrogen-bond acceptors (Lipinski definition) is 3. The Morgan fingerprint density at radius 3 is 2.71 bits per heavy atom. The van der Waals surface area contributed by atoms with Gasteiger partial charge in [-0.25, -0.2) is 0 Å². The van der Waals surface area contributed by atoms with Crippen molar-refractivity contribution >= 4 is 17.2 Å². The SMILES string of the molecule is Cc1ccc(C2NC(C)C(=O)N2CC2CCCCC2C)s1. The minimum absolute atomic E-state index is 0.0590. The number of carbonyl (C=O) groups is 1. The molecule has 2 fully saturated rings. The monoisotopic (exact) mass is 306 g/mol. The van der Waals surface area contributed by atoms with Crippen molar-refractivity contribution in [2.45, 2.75) is 58.7 Å². The standard InChI is InChI=1S/C17H26N2OS/c1-11-6-4-5-7-14(11)10-19-16(18-13(3)17(19)20)15-9-8-12(2)21-15/h8-9,11,13-14,16,18H,4-7,10H2,1-3H3. The molecule has 0 aromatic carbocycles. The van der Waals surface area contributed by atoms with E-state index in [1.54, 1.807) is 11.3 Å². The smallest absolute Gasteiger partial charge is 0.241 e. The second-order valence-electron chi connectivity index (χ2n) is 6.75.